The maximum atomic E-state index is 10.2. The van der Waals surface area contributed by atoms with Gasteiger partial charge in [-0.05, 0) is 12.1 Å². The van der Waals surface area contributed by atoms with Crippen LogP contribution in [0.2, 0.25) is 0 Å². The van der Waals surface area contributed by atoms with Crippen LogP contribution in [0, 0.1) is 10.1 Å². The lowest BCUT2D eigenvalue weighted by atomic mass is 10.3. The van der Waals surface area contributed by atoms with Crippen LogP contribution in [0.15, 0.2) is 24.3 Å². The summed E-state index contributed by atoms with van der Waals surface area (Å²) in [6.45, 7) is 0. The molecule has 12 heavy (non-hydrogen) atoms. The first-order chi connectivity index (χ1) is 5.74. The van der Waals surface area contributed by atoms with Crippen LogP contribution in [0.3, 0.4) is 0 Å². The highest BCUT2D eigenvalue weighted by Crippen LogP contribution is 2.16. The third-order valence-corrected chi connectivity index (χ3v) is 1.48. The van der Waals surface area contributed by atoms with Crippen molar-refractivity contribution in [2.75, 3.05) is 0 Å². The minimum Gasteiger partial charge on any atom is -0.403 e. The molecule has 0 spiro atoms. The predicted molar refractivity (Wildman–Crippen MR) is 43.3 cm³/mol. The van der Waals surface area contributed by atoms with E-state index in [1.807, 2.05) is 0 Å². The van der Waals surface area contributed by atoms with E-state index in [0.29, 0.717) is 5.75 Å². The molecule has 1 aromatic carbocycles. The Morgan fingerprint density at radius 2 is 1.92 bits per heavy atom. The van der Waals surface area contributed by atoms with Gasteiger partial charge < -0.3 is 4.18 Å². The summed E-state index contributed by atoms with van der Waals surface area (Å²) < 4.78 is 14.5. The molecule has 0 aliphatic rings. The van der Waals surface area contributed by atoms with E-state index in [9.17, 15) is 14.3 Å². The lowest BCUT2D eigenvalue weighted by Crippen LogP contribution is -1.88. The van der Waals surface area contributed by atoms with Gasteiger partial charge in [-0.25, -0.2) is 4.21 Å². The van der Waals surface area contributed by atoms with Gasteiger partial charge in [0.15, 0.2) is 11.9 Å². The second-order valence-corrected chi connectivity index (χ2v) is 2.25. The van der Waals surface area contributed by atoms with Crippen LogP contribution >= 0.6 is 0 Å². The predicted octanol–water partition coefficient (Wildman–Crippen LogP) is 0.834. The van der Waals surface area contributed by atoms with Gasteiger partial charge in [-0.2, -0.15) is 0 Å². The summed E-state index contributed by atoms with van der Waals surface area (Å²) in [7, 11) is 0. The fraction of sp³-hybridized carbons (Fsp3) is 0. The minimum absolute atomic E-state index is 0.0232. The van der Waals surface area contributed by atoms with Crippen molar-refractivity contribution < 1.29 is 13.3 Å². The van der Waals surface area contributed by atoms with Gasteiger partial charge >= 0.3 is 0 Å². The zero-order valence-electron chi connectivity index (χ0n) is 5.84. The number of nitro groups is 1. The number of hydrogen-bond donors (Lipinski definition) is 1. The second kappa shape index (κ2) is 3.82. The SMILES string of the molecule is O=[SH]Oc1ccc([N+](=O)[O-])cc1. The maximum Gasteiger partial charge on any atom is 0.269 e. The highest BCUT2D eigenvalue weighted by molar-refractivity contribution is 7.60. The Balaban J connectivity index is 2.85. The monoisotopic (exact) mass is 187 g/mol. The number of hydrogen-bond acceptors (Lipinski definition) is 4. The average Bonchev–Trinajstić information content (AvgIpc) is 2.06. The Bertz CT molecular complexity index is 297. The largest absolute Gasteiger partial charge is 0.403 e. The Morgan fingerprint density at radius 1 is 1.33 bits per heavy atom. The van der Waals surface area contributed by atoms with Crippen LogP contribution in [0.5, 0.6) is 5.75 Å². The molecule has 0 aromatic heterocycles. The summed E-state index contributed by atoms with van der Waals surface area (Å²) >= 11 is -0.472. The summed E-state index contributed by atoms with van der Waals surface area (Å²) in [4.78, 5) is 9.66. The van der Waals surface area contributed by atoms with E-state index in [-0.39, 0.29) is 5.69 Å². The van der Waals surface area contributed by atoms with E-state index in [2.05, 4.69) is 4.18 Å². The van der Waals surface area contributed by atoms with Gasteiger partial charge in [-0.3, -0.25) is 10.1 Å². The molecule has 6 heteroatoms. The molecule has 0 bridgehead atoms. The molecule has 0 aliphatic heterocycles. The highest BCUT2D eigenvalue weighted by atomic mass is 32.2. The minimum atomic E-state index is -0.515. The van der Waals surface area contributed by atoms with Crippen molar-refractivity contribution in [3.05, 3.63) is 34.4 Å². The van der Waals surface area contributed by atoms with Crippen LogP contribution < -0.4 is 4.18 Å². The molecule has 5 nitrogen and oxygen atoms in total. The first kappa shape index (κ1) is 8.66. The van der Waals surface area contributed by atoms with Gasteiger partial charge in [0.1, 0.15) is 5.75 Å². The van der Waals surface area contributed by atoms with Gasteiger partial charge in [-0.15, -0.1) is 0 Å². The zero-order valence-corrected chi connectivity index (χ0v) is 6.73. The third-order valence-electron chi connectivity index (χ3n) is 1.19. The molecule has 0 aliphatic carbocycles. The van der Waals surface area contributed by atoms with Crippen molar-refractivity contribution >= 4 is 17.6 Å². The number of benzene rings is 1. The van der Waals surface area contributed by atoms with E-state index in [0.717, 1.165) is 0 Å². The Labute approximate surface area is 71.8 Å². The molecule has 0 heterocycles. The normalized spacial score (nSPS) is 9.33. The third kappa shape index (κ3) is 2.03. The van der Waals surface area contributed by atoms with Crippen molar-refractivity contribution in [2.24, 2.45) is 0 Å². The summed E-state index contributed by atoms with van der Waals surface area (Å²) in [5, 5.41) is 10.2. The molecule has 0 radical (unpaired) electrons. The Morgan fingerprint density at radius 3 is 2.33 bits per heavy atom. The number of thiol groups is 1. The standard InChI is InChI=1S/C6H5NO4S/c8-7(9)5-1-3-6(4-2-5)11-12-10/h1-4,12H. The van der Waals surface area contributed by atoms with E-state index < -0.39 is 16.9 Å². The molecule has 0 N–H and O–H groups in total. The quantitative estimate of drug-likeness (QED) is 0.432. The molecule has 1 rings (SSSR count). The molecule has 1 aromatic rings. The van der Waals surface area contributed by atoms with Crippen LogP contribution in [-0.2, 0) is 11.9 Å². The van der Waals surface area contributed by atoms with Crippen molar-refractivity contribution in [3.63, 3.8) is 0 Å². The topological polar surface area (TPSA) is 69.4 Å². The Kier molecular flexibility index (Phi) is 2.76. The van der Waals surface area contributed by atoms with Gasteiger partial charge in [0.25, 0.3) is 5.69 Å². The number of nitrogens with zero attached hydrogens (tertiary/aromatic N) is 1. The van der Waals surface area contributed by atoms with E-state index in [1.54, 1.807) is 0 Å². The smallest absolute Gasteiger partial charge is 0.269 e. The molecule has 64 valence electrons. The van der Waals surface area contributed by atoms with E-state index >= 15 is 0 Å². The lowest BCUT2D eigenvalue weighted by Gasteiger charge is -1.94. The summed E-state index contributed by atoms with van der Waals surface area (Å²) in [5.41, 5.74) is -0.0232. The maximum absolute atomic E-state index is 10.2. The molecule has 0 atom stereocenters. The van der Waals surface area contributed by atoms with Gasteiger partial charge in [-0.1, -0.05) is 0 Å². The summed E-state index contributed by atoms with van der Waals surface area (Å²) in [6, 6.07) is 5.31. The van der Waals surface area contributed by atoms with Gasteiger partial charge in [0.2, 0.25) is 0 Å². The fourth-order valence-corrected chi connectivity index (χ4v) is 0.880. The van der Waals surface area contributed by atoms with E-state index in [1.165, 1.54) is 24.3 Å². The van der Waals surface area contributed by atoms with Crippen LogP contribution in [-0.4, -0.2) is 9.13 Å². The second-order valence-electron chi connectivity index (χ2n) is 1.92. The van der Waals surface area contributed by atoms with Crippen molar-refractivity contribution in [1.82, 2.24) is 0 Å². The van der Waals surface area contributed by atoms with Crippen molar-refractivity contribution in [2.45, 2.75) is 0 Å². The molecular weight excluding hydrogens is 182 g/mol. The fourth-order valence-electron chi connectivity index (χ4n) is 0.672. The van der Waals surface area contributed by atoms with Crippen LogP contribution in [0.25, 0.3) is 0 Å². The number of rotatable bonds is 3. The molecule has 0 amide bonds. The molecular formula is C6H5NO4S. The highest BCUT2D eigenvalue weighted by Gasteiger charge is 2.03. The van der Waals surface area contributed by atoms with Crippen LogP contribution in [0.4, 0.5) is 5.69 Å². The van der Waals surface area contributed by atoms with E-state index in [4.69, 9.17) is 0 Å². The van der Waals surface area contributed by atoms with Gasteiger partial charge in [0, 0.05) is 12.1 Å². The first-order valence-electron chi connectivity index (χ1n) is 2.98. The Hall–Kier alpha value is -1.43. The summed E-state index contributed by atoms with van der Waals surface area (Å²) in [6.07, 6.45) is 0. The molecule has 0 fully saturated rings. The van der Waals surface area contributed by atoms with Crippen molar-refractivity contribution in [3.8, 4) is 5.75 Å². The van der Waals surface area contributed by atoms with Crippen molar-refractivity contribution in [1.29, 1.82) is 0 Å². The van der Waals surface area contributed by atoms with Gasteiger partial charge in [0.05, 0.1) is 4.92 Å². The molecule has 0 saturated heterocycles. The average molecular weight is 187 g/mol. The molecule has 0 saturated carbocycles. The van der Waals surface area contributed by atoms with Crippen LogP contribution in [0.1, 0.15) is 0 Å². The molecule has 0 unspecified atom stereocenters. The summed E-state index contributed by atoms with van der Waals surface area (Å²) in [5.74, 6) is 0.331. The number of non-ortho nitro benzene ring substituents is 1. The zero-order chi connectivity index (χ0) is 8.97. The first-order valence-corrected chi connectivity index (χ1v) is 3.71. The number of nitro benzene ring substituents is 1. The lowest BCUT2D eigenvalue weighted by molar-refractivity contribution is -0.384.